The maximum absolute atomic E-state index is 12.8. The number of aromatic nitrogens is 1. The second-order valence-corrected chi connectivity index (χ2v) is 8.63. The fourth-order valence-corrected chi connectivity index (χ4v) is 4.08. The number of rotatable bonds is 6. The molecule has 4 rings (SSSR count). The topological polar surface area (TPSA) is 165 Å². The summed E-state index contributed by atoms with van der Waals surface area (Å²) in [5.41, 5.74) is 8.22. The van der Waals surface area contributed by atoms with Crippen molar-refractivity contribution in [3.8, 4) is 22.5 Å². The molecule has 0 radical (unpaired) electrons. The molecule has 6 N–H and O–H groups in total. The van der Waals surface area contributed by atoms with Gasteiger partial charge in [0.2, 0.25) is 10.0 Å². The minimum atomic E-state index is -3.89. The van der Waals surface area contributed by atoms with Crippen LogP contribution in [0.1, 0.15) is 16.1 Å². The van der Waals surface area contributed by atoms with E-state index in [9.17, 15) is 13.2 Å². The largest absolute Gasteiger partial charge is 0.443 e. The Kier molecular flexibility index (Phi) is 5.78. The highest BCUT2D eigenvalue weighted by molar-refractivity contribution is 7.89. The van der Waals surface area contributed by atoms with Crippen molar-refractivity contribution in [2.24, 2.45) is 10.9 Å². The molecule has 0 spiro atoms. The second-order valence-electron chi connectivity index (χ2n) is 7.10. The zero-order valence-corrected chi connectivity index (χ0v) is 18.0. The zero-order chi connectivity index (χ0) is 23.6. The van der Waals surface area contributed by atoms with Gasteiger partial charge in [-0.25, -0.2) is 18.5 Å². The van der Waals surface area contributed by atoms with E-state index in [2.05, 4.69) is 10.3 Å². The van der Waals surface area contributed by atoms with Crippen LogP contribution in [0.3, 0.4) is 0 Å². The van der Waals surface area contributed by atoms with E-state index in [-0.39, 0.29) is 22.2 Å². The summed E-state index contributed by atoms with van der Waals surface area (Å²) in [6, 6.07) is 19.8. The number of amides is 1. The molecule has 0 saturated heterocycles. The molecule has 0 aliphatic rings. The molecule has 9 nitrogen and oxygen atoms in total. The number of nitrogens with zero attached hydrogens (tertiary/aromatic N) is 1. The molecule has 33 heavy (non-hydrogen) atoms. The van der Waals surface area contributed by atoms with Gasteiger partial charge in [0.25, 0.3) is 5.91 Å². The van der Waals surface area contributed by atoms with E-state index in [1.54, 1.807) is 66.7 Å². The first-order chi connectivity index (χ1) is 15.7. The molecule has 166 valence electrons. The molecule has 0 bridgehead atoms. The quantitative estimate of drug-likeness (QED) is 0.254. The molecule has 0 unspecified atom stereocenters. The van der Waals surface area contributed by atoms with E-state index >= 15 is 0 Å². The monoisotopic (exact) mass is 461 g/mol. The maximum atomic E-state index is 12.8. The van der Waals surface area contributed by atoms with Crippen LogP contribution in [0.4, 0.5) is 5.69 Å². The van der Waals surface area contributed by atoms with Gasteiger partial charge in [0, 0.05) is 22.4 Å². The lowest BCUT2D eigenvalue weighted by molar-refractivity contribution is 0.102. The molecular formula is C23H19N5O4S. The second kappa shape index (κ2) is 8.69. The number of anilines is 1. The summed E-state index contributed by atoms with van der Waals surface area (Å²) in [6.07, 6.45) is 1.16. The van der Waals surface area contributed by atoms with Crippen molar-refractivity contribution in [1.29, 1.82) is 5.41 Å². The standard InChI is InChI=1S/C23H19N5O4S/c24-22(25)16-5-3-4-15(12-16)21-20(27-13-32-21)23(29)28-17-10-8-14(9-11-17)18-6-1-2-7-19(18)33(26,30)31/h1-13H,(H3,24,25)(H,28,29)(H2,26,30,31). The molecule has 0 saturated carbocycles. The van der Waals surface area contributed by atoms with E-state index < -0.39 is 15.9 Å². The molecule has 1 aromatic heterocycles. The Bertz CT molecular complexity index is 1460. The first kappa shape index (κ1) is 21.9. The predicted octanol–water partition coefficient (Wildman–Crippen LogP) is 3.19. The first-order valence-electron chi connectivity index (χ1n) is 9.66. The fourth-order valence-electron chi connectivity index (χ4n) is 3.32. The number of amidine groups is 1. The number of sulfonamides is 1. The summed E-state index contributed by atoms with van der Waals surface area (Å²) in [5, 5.41) is 15.6. The molecule has 1 amide bonds. The van der Waals surface area contributed by atoms with Crippen molar-refractivity contribution >= 4 is 27.5 Å². The summed E-state index contributed by atoms with van der Waals surface area (Å²) >= 11 is 0. The molecule has 3 aromatic carbocycles. The van der Waals surface area contributed by atoms with Gasteiger partial charge in [-0.15, -0.1) is 0 Å². The van der Waals surface area contributed by atoms with E-state index in [0.717, 1.165) is 6.39 Å². The van der Waals surface area contributed by atoms with Gasteiger partial charge in [0.15, 0.2) is 17.8 Å². The van der Waals surface area contributed by atoms with Crippen LogP contribution in [0, 0.1) is 5.41 Å². The number of hydrogen-bond donors (Lipinski definition) is 4. The summed E-state index contributed by atoms with van der Waals surface area (Å²) in [4.78, 5) is 16.9. The smallest absolute Gasteiger partial charge is 0.278 e. The Morgan fingerprint density at radius 3 is 2.39 bits per heavy atom. The van der Waals surface area contributed by atoms with Crippen molar-refractivity contribution < 1.29 is 17.6 Å². The minimum Gasteiger partial charge on any atom is -0.443 e. The van der Waals surface area contributed by atoms with Crippen LogP contribution in [0.2, 0.25) is 0 Å². The van der Waals surface area contributed by atoms with Crippen LogP contribution in [0.25, 0.3) is 22.5 Å². The molecule has 0 aliphatic carbocycles. The Labute approximate surface area is 189 Å². The lowest BCUT2D eigenvalue weighted by Gasteiger charge is -2.09. The normalized spacial score (nSPS) is 11.2. The highest BCUT2D eigenvalue weighted by Gasteiger charge is 2.19. The van der Waals surface area contributed by atoms with Crippen LogP contribution >= 0.6 is 0 Å². The summed E-state index contributed by atoms with van der Waals surface area (Å²) in [6.45, 7) is 0. The Balaban J connectivity index is 1.58. The van der Waals surface area contributed by atoms with Gasteiger partial charge in [-0.3, -0.25) is 10.2 Å². The molecule has 10 heteroatoms. The van der Waals surface area contributed by atoms with Crippen molar-refractivity contribution in [2.75, 3.05) is 5.32 Å². The van der Waals surface area contributed by atoms with E-state index in [0.29, 0.717) is 27.9 Å². The summed E-state index contributed by atoms with van der Waals surface area (Å²) < 4.78 is 29.1. The minimum absolute atomic E-state index is 0.0156. The van der Waals surface area contributed by atoms with Crippen molar-refractivity contribution in [1.82, 2.24) is 4.98 Å². The lowest BCUT2D eigenvalue weighted by Crippen LogP contribution is -2.14. The number of carbonyl (C=O) groups is 1. The van der Waals surface area contributed by atoms with Crippen molar-refractivity contribution in [2.45, 2.75) is 4.90 Å². The zero-order valence-electron chi connectivity index (χ0n) is 17.1. The van der Waals surface area contributed by atoms with E-state index in [1.165, 1.54) is 6.07 Å². The van der Waals surface area contributed by atoms with Crippen LogP contribution in [0.15, 0.2) is 88.5 Å². The van der Waals surface area contributed by atoms with Gasteiger partial charge in [-0.1, -0.05) is 48.5 Å². The van der Waals surface area contributed by atoms with Gasteiger partial charge in [0.1, 0.15) is 5.84 Å². The molecule has 0 atom stereocenters. The Morgan fingerprint density at radius 2 is 1.70 bits per heavy atom. The van der Waals surface area contributed by atoms with Crippen LogP contribution in [-0.2, 0) is 10.0 Å². The fraction of sp³-hybridized carbons (Fsp3) is 0. The average molecular weight is 462 g/mol. The molecule has 4 aromatic rings. The lowest BCUT2D eigenvalue weighted by atomic mass is 10.1. The van der Waals surface area contributed by atoms with Gasteiger partial charge in [0.05, 0.1) is 4.90 Å². The maximum Gasteiger partial charge on any atom is 0.278 e. The Morgan fingerprint density at radius 1 is 0.970 bits per heavy atom. The van der Waals surface area contributed by atoms with Gasteiger partial charge < -0.3 is 15.5 Å². The number of nitrogens with one attached hydrogen (secondary N) is 2. The predicted molar refractivity (Wildman–Crippen MR) is 124 cm³/mol. The Hall–Kier alpha value is -4.28. The number of hydrogen-bond acceptors (Lipinski definition) is 6. The van der Waals surface area contributed by atoms with Crippen LogP contribution in [-0.4, -0.2) is 25.1 Å². The van der Waals surface area contributed by atoms with Crippen molar-refractivity contribution in [3.05, 3.63) is 90.4 Å². The SMILES string of the molecule is N=C(N)c1cccc(-c2ocnc2C(=O)Nc2ccc(-c3ccccc3S(N)(=O)=O)cc2)c1. The average Bonchev–Trinajstić information content (AvgIpc) is 3.29. The van der Waals surface area contributed by atoms with E-state index in [1.807, 2.05) is 0 Å². The number of benzene rings is 3. The van der Waals surface area contributed by atoms with Gasteiger partial charge in [-0.2, -0.15) is 0 Å². The third-order valence-corrected chi connectivity index (χ3v) is 5.83. The van der Waals surface area contributed by atoms with Gasteiger partial charge in [-0.05, 0) is 29.8 Å². The first-order valence-corrected chi connectivity index (χ1v) is 11.2. The van der Waals surface area contributed by atoms with E-state index in [4.69, 9.17) is 20.7 Å². The number of carbonyl (C=O) groups excluding carboxylic acids is 1. The number of nitrogens with two attached hydrogens (primary N) is 2. The number of nitrogen functional groups attached to an aromatic ring is 1. The van der Waals surface area contributed by atoms with Crippen LogP contribution < -0.4 is 16.2 Å². The third-order valence-electron chi connectivity index (χ3n) is 4.87. The third kappa shape index (κ3) is 4.66. The molecule has 0 fully saturated rings. The molecule has 0 aliphatic heterocycles. The highest BCUT2D eigenvalue weighted by Crippen LogP contribution is 2.28. The summed E-state index contributed by atoms with van der Waals surface area (Å²) in [7, 11) is -3.89. The number of primary sulfonamides is 1. The molecular weight excluding hydrogens is 442 g/mol. The molecule has 1 heterocycles. The van der Waals surface area contributed by atoms with Crippen LogP contribution in [0.5, 0.6) is 0 Å². The number of oxazole rings is 1. The highest BCUT2D eigenvalue weighted by atomic mass is 32.2. The van der Waals surface area contributed by atoms with Crippen molar-refractivity contribution in [3.63, 3.8) is 0 Å². The summed E-state index contributed by atoms with van der Waals surface area (Å²) in [5.74, 6) is -0.356. The van der Waals surface area contributed by atoms with Gasteiger partial charge >= 0.3 is 0 Å².